The predicted molar refractivity (Wildman–Crippen MR) is 181 cm³/mol. The molecule has 0 bridgehead atoms. The summed E-state index contributed by atoms with van der Waals surface area (Å²) in [6, 6.07) is 0. The summed E-state index contributed by atoms with van der Waals surface area (Å²) < 4.78 is 38.0. The van der Waals surface area contributed by atoms with Crippen LogP contribution in [0.2, 0.25) is 0 Å². The maximum absolute atomic E-state index is 11.5. The van der Waals surface area contributed by atoms with Crippen LogP contribution in [0.4, 0.5) is 0 Å². The summed E-state index contributed by atoms with van der Waals surface area (Å²) in [6.45, 7) is 6.09. The van der Waals surface area contributed by atoms with Crippen molar-refractivity contribution in [2.45, 2.75) is 170 Å². The highest BCUT2D eigenvalue weighted by Gasteiger charge is 2.50. The van der Waals surface area contributed by atoms with E-state index in [4.69, 9.17) is 33.5 Å². The number of aliphatic hydroxyl groups is 9. The molecule has 3 heterocycles. The second-order valence-corrected chi connectivity index (χ2v) is 13.4. The van der Waals surface area contributed by atoms with Gasteiger partial charge in [0, 0.05) is 45.8 Å². The van der Waals surface area contributed by atoms with Crippen molar-refractivity contribution in [3.63, 3.8) is 0 Å². The first-order chi connectivity index (χ1) is 24.0. The molecule has 11 atom stereocenters. The first-order valence-electron chi connectivity index (χ1n) is 18.2. The Morgan fingerprint density at radius 3 is 2.04 bits per heavy atom. The summed E-state index contributed by atoms with van der Waals surface area (Å²) in [5.74, 6) is 0.293. The highest BCUT2D eigenvalue weighted by atomic mass is 16.7. The van der Waals surface area contributed by atoms with Gasteiger partial charge < -0.3 is 74.4 Å². The zero-order chi connectivity index (χ0) is 37.5. The Kier molecular flexibility index (Phi) is 20.1. The van der Waals surface area contributed by atoms with Gasteiger partial charge in [0.1, 0.15) is 36.3 Å². The van der Waals surface area contributed by atoms with Crippen LogP contribution in [0.1, 0.15) is 91.9 Å². The van der Waals surface area contributed by atoms with Crippen LogP contribution < -0.4 is 0 Å². The van der Waals surface area contributed by atoms with E-state index >= 15 is 0 Å². The summed E-state index contributed by atoms with van der Waals surface area (Å²) in [6.07, 6.45) is -3.51. The molecule has 0 aromatic rings. The van der Waals surface area contributed by atoms with Crippen molar-refractivity contribution in [1.82, 2.24) is 0 Å². The predicted octanol–water partition coefficient (Wildman–Crippen LogP) is 0.0279. The zero-order valence-electron chi connectivity index (χ0n) is 30.5. The van der Waals surface area contributed by atoms with Gasteiger partial charge in [0.2, 0.25) is 0 Å². The average Bonchev–Trinajstić information content (AvgIpc) is 3.13. The van der Waals surface area contributed by atoms with Crippen molar-refractivity contribution in [1.29, 1.82) is 0 Å². The molecule has 0 radical (unpaired) electrons. The lowest BCUT2D eigenvalue weighted by molar-refractivity contribution is -0.311. The van der Waals surface area contributed by atoms with Gasteiger partial charge in [-0.15, -0.1) is 0 Å². The number of hydrogen-bond acceptors (Lipinski definition) is 15. The molecular formula is C35H66O15. The van der Waals surface area contributed by atoms with E-state index < -0.39 is 91.7 Å². The standard InChI is InChI=1S/C34H62O14.CH4O/c1-5-33(6-2,29-13-21(40)11-25(18-37)43-29)48-24-14-26(19-38)44-31(15-24)46-32-27(42)16-30(45-28(32)20-39)34(7-3,8-4)47-23(9-10-35)12-22(41)17-36;1-2/h11,21-24,26-32,35-42H,5-10,12-20H2,1-4H3;2H,1H3/t21?,22?,23?,24?,26?,27?,28?,29?,30?,31?,32-;/m0./s1. The fraction of sp³-hybridized carbons (Fsp3) is 0.943. The Balaban J connectivity index is 0.00000425. The number of aliphatic hydroxyl groups excluding tert-OH is 9. The van der Waals surface area contributed by atoms with Crippen molar-refractivity contribution in [3.8, 4) is 0 Å². The first-order valence-corrected chi connectivity index (χ1v) is 18.2. The Morgan fingerprint density at radius 2 is 1.50 bits per heavy atom. The summed E-state index contributed by atoms with van der Waals surface area (Å²) in [4.78, 5) is 0. The zero-order valence-corrected chi connectivity index (χ0v) is 30.5. The van der Waals surface area contributed by atoms with Crippen molar-refractivity contribution in [2.75, 3.05) is 40.1 Å². The van der Waals surface area contributed by atoms with Crippen molar-refractivity contribution in [2.24, 2.45) is 0 Å². The van der Waals surface area contributed by atoms with Crippen molar-refractivity contribution < 1.29 is 74.4 Å². The summed E-state index contributed by atoms with van der Waals surface area (Å²) in [5, 5.41) is 88.2. The number of rotatable bonds is 20. The maximum atomic E-state index is 11.5. The largest absolute Gasteiger partial charge is 0.489 e. The molecular weight excluding hydrogens is 660 g/mol. The Bertz CT molecular complexity index is 945. The normalized spacial score (nSPS) is 32.0. The van der Waals surface area contributed by atoms with Gasteiger partial charge in [-0.2, -0.15) is 0 Å². The quantitative estimate of drug-likeness (QED) is 0.0805. The van der Waals surface area contributed by atoms with Gasteiger partial charge in [-0.05, 0) is 38.2 Å². The van der Waals surface area contributed by atoms with Gasteiger partial charge in [0.25, 0.3) is 0 Å². The van der Waals surface area contributed by atoms with Crippen LogP contribution in [-0.4, -0.2) is 165 Å². The SMILES string of the molecule is CCC(CC)(OC1CC(CO)OC(O[C@H]2C(O)CC(C(CC)(CC)OC(CCO)CC(O)CO)OC2CO)C1)C1CC(O)C=C(CO)O1.CO. The molecule has 296 valence electrons. The average molecular weight is 727 g/mol. The molecule has 0 aliphatic carbocycles. The summed E-state index contributed by atoms with van der Waals surface area (Å²) in [5.41, 5.74) is -1.72. The van der Waals surface area contributed by atoms with Crippen LogP contribution in [0, 0.1) is 0 Å². The molecule has 3 aliphatic rings. The minimum absolute atomic E-state index is 0.113. The second kappa shape index (κ2) is 22.3. The molecule has 50 heavy (non-hydrogen) atoms. The molecule has 2 fully saturated rings. The van der Waals surface area contributed by atoms with Crippen LogP contribution >= 0.6 is 0 Å². The highest BCUT2D eigenvalue weighted by molar-refractivity contribution is 5.07. The lowest BCUT2D eigenvalue weighted by Gasteiger charge is -2.49. The maximum Gasteiger partial charge on any atom is 0.161 e. The smallest absolute Gasteiger partial charge is 0.161 e. The fourth-order valence-corrected chi connectivity index (χ4v) is 7.51. The molecule has 0 spiro atoms. The van der Waals surface area contributed by atoms with Gasteiger partial charge in [0.15, 0.2) is 6.29 Å². The molecule has 15 nitrogen and oxygen atoms in total. The van der Waals surface area contributed by atoms with E-state index in [9.17, 15) is 40.9 Å². The third-order valence-corrected chi connectivity index (χ3v) is 10.4. The lowest BCUT2D eigenvalue weighted by atomic mass is 9.82. The molecule has 0 saturated carbocycles. The van der Waals surface area contributed by atoms with Crippen LogP contribution in [0.5, 0.6) is 0 Å². The van der Waals surface area contributed by atoms with Gasteiger partial charge in [-0.25, -0.2) is 0 Å². The first kappa shape index (κ1) is 45.1. The lowest BCUT2D eigenvalue weighted by Crippen LogP contribution is -2.60. The van der Waals surface area contributed by atoms with Gasteiger partial charge in [-0.1, -0.05) is 27.7 Å². The molecule has 10 unspecified atom stereocenters. The molecule has 3 aliphatic heterocycles. The number of ether oxygens (including phenoxy) is 6. The Labute approximate surface area is 296 Å². The van der Waals surface area contributed by atoms with Gasteiger partial charge in [0.05, 0.1) is 68.1 Å². The van der Waals surface area contributed by atoms with Gasteiger partial charge in [-0.3, -0.25) is 0 Å². The third-order valence-electron chi connectivity index (χ3n) is 10.4. The van der Waals surface area contributed by atoms with E-state index in [0.29, 0.717) is 44.3 Å². The van der Waals surface area contributed by atoms with Crippen LogP contribution in [0.15, 0.2) is 11.8 Å². The Morgan fingerprint density at radius 1 is 0.840 bits per heavy atom. The molecule has 0 amide bonds. The fourth-order valence-electron chi connectivity index (χ4n) is 7.51. The minimum Gasteiger partial charge on any atom is -0.489 e. The second-order valence-electron chi connectivity index (χ2n) is 13.4. The molecule has 0 aromatic heterocycles. The van der Waals surface area contributed by atoms with Crippen molar-refractivity contribution >= 4 is 0 Å². The third kappa shape index (κ3) is 11.7. The van der Waals surface area contributed by atoms with E-state index in [-0.39, 0.29) is 45.5 Å². The molecule has 3 rings (SSSR count). The van der Waals surface area contributed by atoms with Gasteiger partial charge >= 0.3 is 0 Å². The highest BCUT2D eigenvalue weighted by Crippen LogP contribution is 2.40. The topological polar surface area (TPSA) is 237 Å². The van der Waals surface area contributed by atoms with E-state index in [2.05, 4.69) is 0 Å². The van der Waals surface area contributed by atoms with E-state index in [1.807, 2.05) is 27.7 Å². The summed E-state index contributed by atoms with van der Waals surface area (Å²) >= 11 is 0. The molecule has 2 saturated heterocycles. The number of hydrogen-bond donors (Lipinski definition) is 9. The van der Waals surface area contributed by atoms with Crippen LogP contribution in [-0.2, 0) is 28.4 Å². The summed E-state index contributed by atoms with van der Waals surface area (Å²) in [7, 11) is 1.00. The van der Waals surface area contributed by atoms with Crippen molar-refractivity contribution in [3.05, 3.63) is 11.8 Å². The van der Waals surface area contributed by atoms with E-state index in [1.165, 1.54) is 6.08 Å². The van der Waals surface area contributed by atoms with E-state index in [0.717, 1.165) is 7.11 Å². The molecule has 0 aromatic carbocycles. The van der Waals surface area contributed by atoms with E-state index in [1.54, 1.807) is 0 Å². The monoisotopic (exact) mass is 726 g/mol. The molecule has 9 N–H and O–H groups in total. The van der Waals surface area contributed by atoms with Crippen LogP contribution in [0.3, 0.4) is 0 Å². The Hall–Kier alpha value is -1.02. The minimum atomic E-state index is -1.08. The molecule has 15 heteroatoms. The van der Waals surface area contributed by atoms with Crippen LogP contribution in [0.25, 0.3) is 0 Å².